The van der Waals surface area contributed by atoms with Crippen LogP contribution in [-0.2, 0) is 6.18 Å². The van der Waals surface area contributed by atoms with Crippen LogP contribution in [0, 0.1) is 5.92 Å². The van der Waals surface area contributed by atoms with E-state index < -0.39 is 11.9 Å². The number of halogens is 3. The number of rotatable bonds is 6. The summed E-state index contributed by atoms with van der Waals surface area (Å²) >= 11 is 0. The van der Waals surface area contributed by atoms with Gasteiger partial charge in [-0.1, -0.05) is 19.9 Å². The van der Waals surface area contributed by atoms with Crippen molar-refractivity contribution in [3.05, 3.63) is 60.3 Å². The van der Waals surface area contributed by atoms with Gasteiger partial charge in [0.2, 0.25) is 5.95 Å². The fraction of sp³-hybridized carbons (Fsp3) is 0.348. The summed E-state index contributed by atoms with van der Waals surface area (Å²) in [6, 6.07) is 7.13. The molecule has 1 aliphatic heterocycles. The predicted octanol–water partition coefficient (Wildman–Crippen LogP) is 4.68. The van der Waals surface area contributed by atoms with Crippen molar-refractivity contribution in [1.82, 2.24) is 25.3 Å². The number of carbonyl (C=O) groups excluding carboxylic acids is 1. The molecule has 0 aliphatic carbocycles. The van der Waals surface area contributed by atoms with E-state index in [9.17, 15) is 18.0 Å². The smallest absolute Gasteiger partial charge is 0.346 e. The minimum atomic E-state index is -4.51. The van der Waals surface area contributed by atoms with E-state index in [1.807, 2.05) is 20.8 Å². The molecule has 0 saturated carbocycles. The Morgan fingerprint density at radius 2 is 1.82 bits per heavy atom. The van der Waals surface area contributed by atoms with Gasteiger partial charge in [-0.05, 0) is 42.7 Å². The van der Waals surface area contributed by atoms with Crippen LogP contribution in [0.5, 0.6) is 0 Å². The Morgan fingerprint density at radius 3 is 2.50 bits per heavy atom. The van der Waals surface area contributed by atoms with E-state index >= 15 is 0 Å². The van der Waals surface area contributed by atoms with Crippen molar-refractivity contribution < 1.29 is 18.0 Å². The third-order valence-electron chi connectivity index (χ3n) is 5.63. The Labute approximate surface area is 194 Å². The van der Waals surface area contributed by atoms with Gasteiger partial charge in [-0.15, -0.1) is 0 Å². The van der Waals surface area contributed by atoms with Gasteiger partial charge in [-0.25, -0.2) is 9.78 Å². The van der Waals surface area contributed by atoms with E-state index in [4.69, 9.17) is 0 Å². The van der Waals surface area contributed by atoms with Gasteiger partial charge in [0.05, 0.1) is 17.8 Å². The number of pyridine rings is 2. The van der Waals surface area contributed by atoms with Crippen molar-refractivity contribution in [1.29, 1.82) is 0 Å². The van der Waals surface area contributed by atoms with Crippen LogP contribution in [0.15, 0.2) is 48.9 Å². The van der Waals surface area contributed by atoms with E-state index in [0.717, 1.165) is 12.3 Å². The fourth-order valence-electron chi connectivity index (χ4n) is 3.74. The maximum absolute atomic E-state index is 12.9. The zero-order valence-corrected chi connectivity index (χ0v) is 18.8. The Kier molecular flexibility index (Phi) is 6.36. The number of nitrogens with zero attached hydrogens (tertiary/aromatic N) is 5. The van der Waals surface area contributed by atoms with Crippen molar-refractivity contribution in [3.8, 4) is 11.1 Å². The Balaban J connectivity index is 1.49. The van der Waals surface area contributed by atoms with Crippen molar-refractivity contribution in [2.24, 2.45) is 5.92 Å². The Bertz CT molecular complexity index is 1170. The topological polar surface area (TPSA) is 95.9 Å². The van der Waals surface area contributed by atoms with Crippen LogP contribution in [0.1, 0.15) is 38.2 Å². The summed E-state index contributed by atoms with van der Waals surface area (Å²) in [6.07, 6.45) is -0.285. The molecule has 1 fully saturated rings. The first kappa shape index (κ1) is 23.4. The molecule has 11 heteroatoms. The average molecular weight is 471 g/mol. The molecule has 1 unspecified atom stereocenters. The lowest BCUT2D eigenvalue weighted by Gasteiger charge is -2.25. The second-order valence-corrected chi connectivity index (χ2v) is 8.37. The number of aromatic nitrogens is 4. The van der Waals surface area contributed by atoms with Crippen molar-refractivity contribution in [2.75, 3.05) is 16.8 Å². The average Bonchev–Trinajstić information content (AvgIpc) is 3.20. The molecule has 8 nitrogen and oxygen atoms in total. The minimum Gasteiger partial charge on any atom is -0.346 e. The molecule has 0 bridgehead atoms. The molecule has 0 radical (unpaired) electrons. The lowest BCUT2D eigenvalue weighted by Crippen LogP contribution is -2.38. The first-order valence-corrected chi connectivity index (χ1v) is 10.8. The number of urea groups is 1. The molecule has 3 aromatic heterocycles. The number of carbonyl (C=O) groups is 1. The highest BCUT2D eigenvalue weighted by atomic mass is 19.4. The van der Waals surface area contributed by atoms with Crippen LogP contribution < -0.4 is 15.5 Å². The summed E-state index contributed by atoms with van der Waals surface area (Å²) in [7, 11) is 0. The first-order valence-electron chi connectivity index (χ1n) is 10.8. The van der Waals surface area contributed by atoms with E-state index in [1.54, 1.807) is 29.3 Å². The van der Waals surface area contributed by atoms with Crippen molar-refractivity contribution in [2.45, 2.75) is 39.0 Å². The maximum Gasteiger partial charge on any atom is 0.433 e. The molecule has 0 aromatic carbocycles. The second-order valence-electron chi connectivity index (χ2n) is 8.37. The number of alkyl halides is 3. The van der Waals surface area contributed by atoms with Crippen LogP contribution >= 0.6 is 0 Å². The van der Waals surface area contributed by atoms with E-state index in [0.29, 0.717) is 35.1 Å². The van der Waals surface area contributed by atoms with Gasteiger partial charge in [-0.3, -0.25) is 14.9 Å². The van der Waals surface area contributed by atoms with Crippen LogP contribution in [0.3, 0.4) is 0 Å². The van der Waals surface area contributed by atoms with Gasteiger partial charge < -0.3 is 10.6 Å². The minimum absolute atomic E-state index is 0.00654. The number of amides is 2. The summed E-state index contributed by atoms with van der Waals surface area (Å²) < 4.78 is 38.8. The molecule has 2 atom stereocenters. The second kappa shape index (κ2) is 9.24. The third kappa shape index (κ3) is 4.92. The molecule has 34 heavy (non-hydrogen) atoms. The standard InChI is InChI=1S/C23H24F3N7O/c1-13(2)18-12-30-22(34)33(18)20-7-9-28-21(32-20)31-14(3)17-5-4-16(11-29-17)15-6-8-27-19(10-15)23(24,25)26/h4-11,13-14,18H,12H2,1-3H3,(H,30,34)(H,28,31,32)/t14-,18?/m0/s1. The zero-order chi connectivity index (χ0) is 24.5. The van der Waals surface area contributed by atoms with Gasteiger partial charge >= 0.3 is 12.2 Å². The van der Waals surface area contributed by atoms with Crippen LogP contribution in [0.2, 0.25) is 0 Å². The summed E-state index contributed by atoms with van der Waals surface area (Å²) in [5.41, 5.74) is 0.623. The maximum atomic E-state index is 12.9. The number of nitrogens with one attached hydrogen (secondary N) is 2. The van der Waals surface area contributed by atoms with Gasteiger partial charge in [0.1, 0.15) is 11.5 Å². The number of anilines is 2. The molecule has 1 aliphatic rings. The molecule has 1 saturated heterocycles. The summed E-state index contributed by atoms with van der Waals surface area (Å²) in [4.78, 5) is 30.5. The van der Waals surface area contributed by atoms with Crippen LogP contribution in [-0.4, -0.2) is 38.6 Å². The van der Waals surface area contributed by atoms with Gasteiger partial charge in [-0.2, -0.15) is 18.2 Å². The largest absolute Gasteiger partial charge is 0.433 e. The van der Waals surface area contributed by atoms with Crippen LogP contribution in [0.25, 0.3) is 11.1 Å². The Hall–Kier alpha value is -3.76. The van der Waals surface area contributed by atoms with E-state index in [1.165, 1.54) is 12.3 Å². The Morgan fingerprint density at radius 1 is 1.06 bits per heavy atom. The highest BCUT2D eigenvalue weighted by Gasteiger charge is 2.35. The molecule has 4 rings (SSSR count). The first-order chi connectivity index (χ1) is 16.1. The quantitative estimate of drug-likeness (QED) is 0.542. The molecule has 0 spiro atoms. The molecule has 2 N–H and O–H groups in total. The molecule has 4 heterocycles. The third-order valence-corrected chi connectivity index (χ3v) is 5.63. The normalized spacial score (nSPS) is 17.1. The van der Waals surface area contributed by atoms with Crippen LogP contribution in [0.4, 0.5) is 29.7 Å². The summed E-state index contributed by atoms with van der Waals surface area (Å²) in [6.45, 7) is 6.51. The van der Waals surface area contributed by atoms with Gasteiger partial charge in [0.15, 0.2) is 0 Å². The lowest BCUT2D eigenvalue weighted by molar-refractivity contribution is -0.141. The fourth-order valence-corrected chi connectivity index (χ4v) is 3.74. The summed E-state index contributed by atoms with van der Waals surface area (Å²) in [5.74, 6) is 1.08. The monoisotopic (exact) mass is 471 g/mol. The molecule has 3 aromatic rings. The van der Waals surface area contributed by atoms with Gasteiger partial charge in [0.25, 0.3) is 0 Å². The zero-order valence-electron chi connectivity index (χ0n) is 18.8. The van der Waals surface area contributed by atoms with Crippen molar-refractivity contribution >= 4 is 17.8 Å². The molecular weight excluding hydrogens is 447 g/mol. The SMILES string of the molecule is CC(C)C1CNC(=O)N1c1ccnc(N[C@@H](C)c2ccc(-c3ccnc(C(F)(F)F)c3)cn2)n1. The number of hydrogen-bond acceptors (Lipinski definition) is 6. The molecular formula is C23H24F3N7O. The van der Waals surface area contributed by atoms with E-state index in [2.05, 4.69) is 30.6 Å². The van der Waals surface area contributed by atoms with Gasteiger partial charge in [0, 0.05) is 30.7 Å². The highest BCUT2D eigenvalue weighted by molar-refractivity contribution is 5.94. The van der Waals surface area contributed by atoms with E-state index in [-0.39, 0.29) is 24.0 Å². The number of hydrogen-bond donors (Lipinski definition) is 2. The predicted molar refractivity (Wildman–Crippen MR) is 121 cm³/mol. The molecule has 2 amide bonds. The summed E-state index contributed by atoms with van der Waals surface area (Å²) in [5, 5.41) is 6.01. The highest BCUT2D eigenvalue weighted by Crippen LogP contribution is 2.31. The van der Waals surface area contributed by atoms with Crippen molar-refractivity contribution in [3.63, 3.8) is 0 Å². The molecule has 178 valence electrons. The lowest BCUT2D eigenvalue weighted by atomic mass is 10.0.